The van der Waals surface area contributed by atoms with Crippen LogP contribution in [0.15, 0.2) is 16.7 Å². The molecular formula is C11H10F3N3O2. The highest BCUT2D eigenvalue weighted by Gasteiger charge is 2.21. The first-order chi connectivity index (χ1) is 8.90. The number of hydrogen-bond donors (Lipinski definition) is 2. The van der Waals surface area contributed by atoms with E-state index in [1.54, 1.807) is 0 Å². The molecule has 0 aliphatic rings. The van der Waals surface area contributed by atoms with Crippen LogP contribution in [0.25, 0.3) is 11.4 Å². The number of aliphatic hydroxyl groups excluding tert-OH is 1. The van der Waals surface area contributed by atoms with E-state index < -0.39 is 29.6 Å². The van der Waals surface area contributed by atoms with Crippen molar-refractivity contribution in [3.8, 4) is 11.4 Å². The average molecular weight is 273 g/mol. The number of nitrogens with two attached hydrogens (primary N) is 1. The SMILES string of the molecule is C[C@@H](O)[C@H](N)c1nc(-c2cc(F)c(F)c(F)c2)no1. The Bertz CT molecular complexity index is 578. The molecule has 2 rings (SSSR count). The molecule has 0 saturated carbocycles. The molecule has 2 aromatic rings. The standard InChI is InChI=1S/C11H10F3N3O2/c1-4(18)9(15)11-16-10(17-19-11)5-2-6(12)8(14)7(13)3-5/h2-4,9,18H,15H2,1H3/t4-,9+/m1/s1. The van der Waals surface area contributed by atoms with E-state index in [9.17, 15) is 18.3 Å². The molecule has 0 aliphatic heterocycles. The van der Waals surface area contributed by atoms with Crippen LogP contribution >= 0.6 is 0 Å². The molecule has 0 aliphatic carbocycles. The molecule has 2 atom stereocenters. The summed E-state index contributed by atoms with van der Waals surface area (Å²) < 4.78 is 43.7. The third-order valence-corrected chi connectivity index (χ3v) is 2.49. The van der Waals surface area contributed by atoms with Gasteiger partial charge in [0.25, 0.3) is 0 Å². The molecule has 102 valence electrons. The van der Waals surface area contributed by atoms with Gasteiger partial charge in [0, 0.05) is 5.56 Å². The fourth-order valence-electron chi connectivity index (χ4n) is 1.38. The van der Waals surface area contributed by atoms with Crippen molar-refractivity contribution >= 4 is 0 Å². The van der Waals surface area contributed by atoms with Gasteiger partial charge in [0.2, 0.25) is 11.7 Å². The average Bonchev–Trinajstić information content (AvgIpc) is 2.83. The van der Waals surface area contributed by atoms with Crippen molar-refractivity contribution in [1.29, 1.82) is 0 Å². The number of nitrogens with zero attached hydrogens (tertiary/aromatic N) is 2. The Labute approximate surface area is 105 Å². The van der Waals surface area contributed by atoms with Crippen LogP contribution in [0.3, 0.4) is 0 Å². The van der Waals surface area contributed by atoms with E-state index in [4.69, 9.17) is 10.3 Å². The fraction of sp³-hybridized carbons (Fsp3) is 0.273. The Morgan fingerprint density at radius 1 is 1.26 bits per heavy atom. The maximum atomic E-state index is 13.1. The molecule has 0 unspecified atom stereocenters. The lowest BCUT2D eigenvalue weighted by atomic mass is 10.2. The van der Waals surface area contributed by atoms with Crippen molar-refractivity contribution in [2.24, 2.45) is 5.73 Å². The van der Waals surface area contributed by atoms with Gasteiger partial charge in [-0.1, -0.05) is 5.16 Å². The molecule has 19 heavy (non-hydrogen) atoms. The van der Waals surface area contributed by atoms with Gasteiger partial charge >= 0.3 is 0 Å². The zero-order chi connectivity index (χ0) is 14.2. The summed E-state index contributed by atoms with van der Waals surface area (Å²) in [6.45, 7) is 1.42. The van der Waals surface area contributed by atoms with E-state index in [1.807, 2.05) is 0 Å². The van der Waals surface area contributed by atoms with Crippen LogP contribution < -0.4 is 5.73 Å². The second-order valence-corrected chi connectivity index (χ2v) is 3.98. The van der Waals surface area contributed by atoms with Crippen molar-refractivity contribution in [3.05, 3.63) is 35.5 Å². The smallest absolute Gasteiger partial charge is 0.246 e. The molecule has 0 amide bonds. The monoisotopic (exact) mass is 273 g/mol. The highest BCUT2D eigenvalue weighted by molar-refractivity contribution is 5.54. The maximum absolute atomic E-state index is 13.1. The number of halogens is 3. The summed E-state index contributed by atoms with van der Waals surface area (Å²) in [6.07, 6.45) is -0.935. The van der Waals surface area contributed by atoms with Gasteiger partial charge in [-0.25, -0.2) is 13.2 Å². The van der Waals surface area contributed by atoms with Gasteiger partial charge in [-0.2, -0.15) is 4.98 Å². The second kappa shape index (κ2) is 4.98. The summed E-state index contributed by atoms with van der Waals surface area (Å²) in [5.41, 5.74) is 5.47. The van der Waals surface area contributed by atoms with Crippen LogP contribution in [-0.4, -0.2) is 21.4 Å². The largest absolute Gasteiger partial charge is 0.391 e. The Balaban J connectivity index is 2.38. The number of benzene rings is 1. The van der Waals surface area contributed by atoms with Crippen molar-refractivity contribution in [1.82, 2.24) is 10.1 Å². The molecule has 5 nitrogen and oxygen atoms in total. The van der Waals surface area contributed by atoms with E-state index >= 15 is 0 Å². The second-order valence-electron chi connectivity index (χ2n) is 3.98. The lowest BCUT2D eigenvalue weighted by Crippen LogP contribution is -2.23. The van der Waals surface area contributed by atoms with Gasteiger partial charge in [0.1, 0.15) is 6.04 Å². The van der Waals surface area contributed by atoms with Crippen molar-refractivity contribution < 1.29 is 22.8 Å². The van der Waals surface area contributed by atoms with Gasteiger partial charge < -0.3 is 15.4 Å². The van der Waals surface area contributed by atoms with Crippen LogP contribution in [0, 0.1) is 17.5 Å². The number of aromatic nitrogens is 2. The quantitative estimate of drug-likeness (QED) is 0.828. The van der Waals surface area contributed by atoms with Crippen LogP contribution in [0.5, 0.6) is 0 Å². The molecule has 0 fully saturated rings. The first-order valence-corrected chi connectivity index (χ1v) is 5.32. The van der Waals surface area contributed by atoms with E-state index in [0.717, 1.165) is 12.1 Å². The van der Waals surface area contributed by atoms with Crippen molar-refractivity contribution in [2.75, 3.05) is 0 Å². The van der Waals surface area contributed by atoms with E-state index in [2.05, 4.69) is 10.1 Å². The Hall–Kier alpha value is -1.93. The molecule has 0 radical (unpaired) electrons. The van der Waals surface area contributed by atoms with Gasteiger partial charge in [0.05, 0.1) is 6.10 Å². The van der Waals surface area contributed by atoms with Gasteiger partial charge in [0.15, 0.2) is 17.5 Å². The summed E-state index contributed by atoms with van der Waals surface area (Å²) in [6, 6.07) is 0.554. The lowest BCUT2D eigenvalue weighted by Gasteiger charge is -2.08. The fourth-order valence-corrected chi connectivity index (χ4v) is 1.38. The summed E-state index contributed by atoms with van der Waals surface area (Å²) in [7, 11) is 0. The molecule has 1 heterocycles. The van der Waals surface area contributed by atoms with E-state index in [1.165, 1.54) is 6.92 Å². The predicted octanol–water partition coefficient (Wildman–Crippen LogP) is 1.53. The van der Waals surface area contributed by atoms with Gasteiger partial charge in [-0.3, -0.25) is 0 Å². The molecule has 0 spiro atoms. The Kier molecular flexibility index (Phi) is 3.54. The third kappa shape index (κ3) is 2.59. The molecule has 0 saturated heterocycles. The minimum absolute atomic E-state index is 0.0878. The molecule has 8 heteroatoms. The predicted molar refractivity (Wildman–Crippen MR) is 58.2 cm³/mol. The Morgan fingerprint density at radius 2 is 1.84 bits per heavy atom. The summed E-state index contributed by atoms with van der Waals surface area (Å²) in [4.78, 5) is 3.79. The number of rotatable bonds is 3. The van der Waals surface area contributed by atoms with Crippen molar-refractivity contribution in [3.63, 3.8) is 0 Å². The van der Waals surface area contributed by atoms with Crippen LogP contribution in [0.1, 0.15) is 18.9 Å². The van der Waals surface area contributed by atoms with Crippen LogP contribution in [0.2, 0.25) is 0 Å². The summed E-state index contributed by atoms with van der Waals surface area (Å²) in [5, 5.41) is 12.7. The first-order valence-electron chi connectivity index (χ1n) is 5.32. The topological polar surface area (TPSA) is 85.2 Å². The minimum Gasteiger partial charge on any atom is -0.391 e. The maximum Gasteiger partial charge on any atom is 0.246 e. The first kappa shape index (κ1) is 13.5. The number of hydrogen-bond acceptors (Lipinski definition) is 5. The molecule has 0 bridgehead atoms. The highest BCUT2D eigenvalue weighted by Crippen LogP contribution is 2.23. The lowest BCUT2D eigenvalue weighted by molar-refractivity contribution is 0.146. The molecule has 1 aromatic carbocycles. The summed E-state index contributed by atoms with van der Waals surface area (Å²) >= 11 is 0. The van der Waals surface area contributed by atoms with Gasteiger partial charge in [-0.15, -0.1) is 0 Å². The van der Waals surface area contributed by atoms with E-state index in [0.29, 0.717) is 0 Å². The molecular weight excluding hydrogens is 263 g/mol. The third-order valence-electron chi connectivity index (χ3n) is 2.49. The van der Waals surface area contributed by atoms with E-state index in [-0.39, 0.29) is 17.3 Å². The molecule has 3 N–H and O–H groups in total. The normalized spacial score (nSPS) is 14.4. The Morgan fingerprint density at radius 3 is 2.37 bits per heavy atom. The van der Waals surface area contributed by atoms with Gasteiger partial charge in [-0.05, 0) is 19.1 Å². The summed E-state index contributed by atoms with van der Waals surface area (Å²) in [5.74, 6) is -4.53. The zero-order valence-corrected chi connectivity index (χ0v) is 9.77. The van der Waals surface area contributed by atoms with Crippen LogP contribution in [-0.2, 0) is 0 Å². The minimum atomic E-state index is -1.58. The van der Waals surface area contributed by atoms with Crippen LogP contribution in [0.4, 0.5) is 13.2 Å². The molecule has 1 aromatic heterocycles. The zero-order valence-electron chi connectivity index (χ0n) is 9.77. The highest BCUT2D eigenvalue weighted by atomic mass is 19.2. The van der Waals surface area contributed by atoms with Crippen molar-refractivity contribution in [2.45, 2.75) is 19.1 Å². The number of aliphatic hydroxyl groups is 1.